The molecule has 56 valence electrons. The SMILES string of the molecule is NC(CO)c1[nH]ncc1Br. The predicted octanol–water partition coefficient (Wildman–Crippen LogP) is 0.164. The van der Waals surface area contributed by atoms with E-state index in [9.17, 15) is 0 Å². The van der Waals surface area contributed by atoms with Gasteiger partial charge in [0.15, 0.2) is 0 Å². The number of aliphatic hydroxyl groups is 1. The van der Waals surface area contributed by atoms with E-state index in [2.05, 4.69) is 26.1 Å². The summed E-state index contributed by atoms with van der Waals surface area (Å²) in [5, 5.41) is 15.0. The third-order valence-corrected chi connectivity index (χ3v) is 1.82. The first-order valence-corrected chi connectivity index (χ1v) is 3.60. The van der Waals surface area contributed by atoms with Gasteiger partial charge in [0, 0.05) is 0 Å². The topological polar surface area (TPSA) is 74.9 Å². The van der Waals surface area contributed by atoms with Gasteiger partial charge in [-0.05, 0) is 15.9 Å². The fourth-order valence-corrected chi connectivity index (χ4v) is 1.12. The van der Waals surface area contributed by atoms with Crippen molar-refractivity contribution in [2.24, 2.45) is 5.73 Å². The third-order valence-electron chi connectivity index (χ3n) is 1.19. The molecule has 1 unspecified atom stereocenters. The molecule has 1 aromatic rings. The lowest BCUT2D eigenvalue weighted by Crippen LogP contribution is -2.15. The van der Waals surface area contributed by atoms with Gasteiger partial charge < -0.3 is 10.8 Å². The molecule has 0 amide bonds. The van der Waals surface area contributed by atoms with Crippen molar-refractivity contribution in [3.63, 3.8) is 0 Å². The highest BCUT2D eigenvalue weighted by Crippen LogP contribution is 2.17. The number of nitrogens with two attached hydrogens (primary N) is 1. The largest absolute Gasteiger partial charge is 0.394 e. The van der Waals surface area contributed by atoms with Crippen LogP contribution in [0, 0.1) is 0 Å². The minimum Gasteiger partial charge on any atom is -0.394 e. The second-order valence-electron chi connectivity index (χ2n) is 1.92. The molecule has 0 aliphatic heterocycles. The van der Waals surface area contributed by atoms with Gasteiger partial charge >= 0.3 is 0 Å². The Hall–Kier alpha value is -0.390. The fourth-order valence-electron chi connectivity index (χ4n) is 0.633. The summed E-state index contributed by atoms with van der Waals surface area (Å²) >= 11 is 3.22. The van der Waals surface area contributed by atoms with Gasteiger partial charge in [0.1, 0.15) is 0 Å². The second-order valence-corrected chi connectivity index (χ2v) is 2.78. The highest BCUT2D eigenvalue weighted by Gasteiger charge is 2.09. The van der Waals surface area contributed by atoms with Crippen molar-refractivity contribution >= 4 is 15.9 Å². The van der Waals surface area contributed by atoms with Gasteiger partial charge in [-0.15, -0.1) is 0 Å². The lowest BCUT2D eigenvalue weighted by Gasteiger charge is -2.03. The van der Waals surface area contributed by atoms with Crippen LogP contribution in [0.2, 0.25) is 0 Å². The van der Waals surface area contributed by atoms with Crippen LogP contribution in [0.25, 0.3) is 0 Å². The van der Waals surface area contributed by atoms with Gasteiger partial charge in [-0.2, -0.15) is 5.10 Å². The molecule has 5 heteroatoms. The Morgan fingerprint density at radius 1 is 1.90 bits per heavy atom. The average molecular weight is 206 g/mol. The first-order chi connectivity index (χ1) is 4.75. The van der Waals surface area contributed by atoms with Crippen molar-refractivity contribution < 1.29 is 5.11 Å². The highest BCUT2D eigenvalue weighted by molar-refractivity contribution is 9.10. The van der Waals surface area contributed by atoms with Gasteiger partial charge in [-0.25, -0.2) is 0 Å². The van der Waals surface area contributed by atoms with Gasteiger partial charge in [-0.1, -0.05) is 0 Å². The average Bonchev–Trinajstić information content (AvgIpc) is 2.34. The molecular weight excluding hydrogens is 198 g/mol. The molecule has 1 aromatic heterocycles. The summed E-state index contributed by atoms with van der Waals surface area (Å²) in [5.74, 6) is 0. The molecule has 0 bridgehead atoms. The first kappa shape index (κ1) is 7.71. The second kappa shape index (κ2) is 3.14. The van der Waals surface area contributed by atoms with Gasteiger partial charge in [0.05, 0.1) is 29.0 Å². The van der Waals surface area contributed by atoms with E-state index in [4.69, 9.17) is 10.8 Å². The van der Waals surface area contributed by atoms with E-state index in [1.54, 1.807) is 6.20 Å². The van der Waals surface area contributed by atoms with Crippen LogP contribution in [0.3, 0.4) is 0 Å². The Labute approximate surface area is 66.6 Å². The van der Waals surface area contributed by atoms with Crippen molar-refractivity contribution in [3.8, 4) is 0 Å². The number of aliphatic hydroxyl groups excluding tert-OH is 1. The third kappa shape index (κ3) is 1.36. The number of H-pyrrole nitrogens is 1. The van der Waals surface area contributed by atoms with Gasteiger partial charge in [0.2, 0.25) is 0 Å². The molecule has 0 aliphatic rings. The zero-order valence-electron chi connectivity index (χ0n) is 5.21. The van der Waals surface area contributed by atoms with Crippen molar-refractivity contribution in [1.29, 1.82) is 0 Å². The quantitative estimate of drug-likeness (QED) is 0.645. The Morgan fingerprint density at radius 2 is 2.60 bits per heavy atom. The summed E-state index contributed by atoms with van der Waals surface area (Å²) in [7, 11) is 0. The lowest BCUT2D eigenvalue weighted by molar-refractivity contribution is 0.265. The molecule has 1 heterocycles. The maximum atomic E-state index is 8.64. The summed E-state index contributed by atoms with van der Waals surface area (Å²) in [5.41, 5.74) is 6.21. The lowest BCUT2D eigenvalue weighted by atomic mass is 10.2. The molecule has 0 fully saturated rings. The maximum absolute atomic E-state index is 8.64. The highest BCUT2D eigenvalue weighted by atomic mass is 79.9. The van der Waals surface area contributed by atoms with Gasteiger partial charge in [0.25, 0.3) is 0 Å². The number of aromatic amines is 1. The molecule has 4 N–H and O–H groups in total. The Kier molecular flexibility index (Phi) is 2.42. The normalized spacial score (nSPS) is 13.5. The molecule has 0 radical (unpaired) electrons. The molecule has 0 saturated carbocycles. The van der Waals surface area contributed by atoms with Crippen LogP contribution < -0.4 is 5.73 Å². The zero-order valence-corrected chi connectivity index (χ0v) is 6.80. The minimum atomic E-state index is -0.378. The maximum Gasteiger partial charge on any atom is 0.0710 e. The van der Waals surface area contributed by atoms with Crippen LogP contribution in [0.1, 0.15) is 11.7 Å². The molecule has 4 nitrogen and oxygen atoms in total. The van der Waals surface area contributed by atoms with E-state index in [-0.39, 0.29) is 12.6 Å². The summed E-state index contributed by atoms with van der Waals surface area (Å²) in [4.78, 5) is 0. The number of halogens is 1. The Morgan fingerprint density at radius 3 is 3.00 bits per heavy atom. The van der Waals surface area contributed by atoms with Crippen molar-refractivity contribution in [2.45, 2.75) is 6.04 Å². The molecule has 1 atom stereocenters. The summed E-state index contributed by atoms with van der Waals surface area (Å²) in [6.45, 7) is -0.0825. The zero-order chi connectivity index (χ0) is 7.56. The minimum absolute atomic E-state index is 0.0825. The molecule has 0 spiro atoms. The Bertz CT molecular complexity index is 212. The summed E-state index contributed by atoms with van der Waals surface area (Å²) in [6, 6.07) is -0.378. The van der Waals surface area contributed by atoms with E-state index < -0.39 is 0 Å². The van der Waals surface area contributed by atoms with Crippen molar-refractivity contribution in [2.75, 3.05) is 6.61 Å². The van der Waals surface area contributed by atoms with Crippen LogP contribution in [0.15, 0.2) is 10.7 Å². The van der Waals surface area contributed by atoms with Crippen LogP contribution in [-0.4, -0.2) is 21.9 Å². The molecule has 0 saturated heterocycles. The fraction of sp³-hybridized carbons (Fsp3) is 0.400. The van der Waals surface area contributed by atoms with Crippen LogP contribution >= 0.6 is 15.9 Å². The number of hydrogen-bond donors (Lipinski definition) is 3. The van der Waals surface area contributed by atoms with Crippen LogP contribution in [0.4, 0.5) is 0 Å². The molecule has 1 rings (SSSR count). The summed E-state index contributed by atoms with van der Waals surface area (Å²) in [6.07, 6.45) is 1.60. The molecular formula is C5H8BrN3O. The number of rotatable bonds is 2. The van der Waals surface area contributed by atoms with E-state index >= 15 is 0 Å². The van der Waals surface area contributed by atoms with E-state index in [0.29, 0.717) is 0 Å². The predicted molar refractivity (Wildman–Crippen MR) is 40.3 cm³/mol. The van der Waals surface area contributed by atoms with Crippen molar-refractivity contribution in [3.05, 3.63) is 16.4 Å². The number of aromatic nitrogens is 2. The number of nitrogens with zero attached hydrogens (tertiary/aromatic N) is 1. The van der Waals surface area contributed by atoms with E-state index in [1.807, 2.05) is 0 Å². The standard InChI is InChI=1S/C5H8BrN3O/c6-3-1-8-9-5(3)4(7)2-10/h1,4,10H,2,7H2,(H,8,9). The van der Waals surface area contributed by atoms with Crippen LogP contribution in [0.5, 0.6) is 0 Å². The monoisotopic (exact) mass is 205 g/mol. The molecule has 0 aliphatic carbocycles. The van der Waals surface area contributed by atoms with E-state index in [1.165, 1.54) is 0 Å². The summed E-state index contributed by atoms with van der Waals surface area (Å²) < 4.78 is 0.800. The van der Waals surface area contributed by atoms with E-state index in [0.717, 1.165) is 10.2 Å². The van der Waals surface area contributed by atoms with Crippen molar-refractivity contribution in [1.82, 2.24) is 10.2 Å². The van der Waals surface area contributed by atoms with Gasteiger partial charge in [-0.3, -0.25) is 5.10 Å². The van der Waals surface area contributed by atoms with Crippen LogP contribution in [-0.2, 0) is 0 Å². The molecule has 10 heavy (non-hydrogen) atoms. The number of nitrogens with one attached hydrogen (secondary N) is 1. The molecule has 0 aromatic carbocycles. The smallest absolute Gasteiger partial charge is 0.0710 e. The Balaban J connectivity index is 2.82. The first-order valence-electron chi connectivity index (χ1n) is 2.81. The number of hydrogen-bond acceptors (Lipinski definition) is 3.